The van der Waals surface area contributed by atoms with Crippen LogP contribution in [0, 0.1) is 0 Å². The molecule has 4 rings (SSSR count). The van der Waals surface area contributed by atoms with E-state index in [-0.39, 0.29) is 29.3 Å². The summed E-state index contributed by atoms with van der Waals surface area (Å²) in [5.74, 6) is -0.310. The summed E-state index contributed by atoms with van der Waals surface area (Å²) in [4.78, 5) is 25.6. The number of hydrogen-bond donors (Lipinski definition) is 3. The van der Waals surface area contributed by atoms with Crippen LogP contribution < -0.4 is 16.0 Å². The van der Waals surface area contributed by atoms with Crippen molar-refractivity contribution in [2.24, 2.45) is 0 Å². The second-order valence-corrected chi connectivity index (χ2v) is 10.9. The Kier molecular flexibility index (Phi) is 9.19. The molecular formula is C29H35N5O2S. The predicted octanol–water partition coefficient (Wildman–Crippen LogP) is 4.62. The average Bonchev–Trinajstić information content (AvgIpc) is 3.41. The molecule has 37 heavy (non-hydrogen) atoms. The molecule has 2 atom stereocenters. The lowest BCUT2D eigenvalue weighted by atomic mass is 9.85. The number of amides is 2. The van der Waals surface area contributed by atoms with E-state index in [4.69, 9.17) is 0 Å². The van der Waals surface area contributed by atoms with E-state index >= 15 is 0 Å². The largest absolute Gasteiger partial charge is 0.349 e. The molecule has 0 spiro atoms. The monoisotopic (exact) mass is 517 g/mol. The zero-order chi connectivity index (χ0) is 26.1. The third kappa shape index (κ3) is 7.57. The normalized spacial score (nSPS) is 16.9. The van der Waals surface area contributed by atoms with Crippen LogP contribution in [0.3, 0.4) is 0 Å². The van der Waals surface area contributed by atoms with Crippen molar-refractivity contribution in [3.8, 4) is 0 Å². The fourth-order valence-corrected chi connectivity index (χ4v) is 5.27. The number of nitrogens with zero attached hydrogens (tertiary/aromatic N) is 2. The fraction of sp³-hybridized carbons (Fsp3) is 0.379. The first-order valence-corrected chi connectivity index (χ1v) is 13.7. The lowest BCUT2D eigenvalue weighted by Crippen LogP contribution is -2.49. The number of piperidine rings is 1. The van der Waals surface area contributed by atoms with Crippen LogP contribution >= 0.6 is 11.3 Å². The van der Waals surface area contributed by atoms with Gasteiger partial charge in [0.1, 0.15) is 5.01 Å². The van der Waals surface area contributed by atoms with E-state index < -0.39 is 0 Å². The number of aromatic nitrogens is 2. The standard InChI is InChI=1S/C29H35N5O2S/c1-29(2,22-13-7-4-8-14-22)27-33-34-28(37-27)32-25(35)19-18-23(17-16-21-11-5-3-6-12-21)31-26(36)24-15-9-10-20-30-24/h3-8,11-14,18-19,23-24,30H,9-10,15-17,20H2,1-2H3,(H,31,36)(H,32,34,35)/b19-18+/t23-,24?/m0/s1. The number of carbonyl (C=O) groups excluding carboxylic acids is 2. The van der Waals surface area contributed by atoms with Crippen molar-refractivity contribution < 1.29 is 9.59 Å². The van der Waals surface area contributed by atoms with Crippen molar-refractivity contribution in [2.45, 2.75) is 63.5 Å². The summed E-state index contributed by atoms with van der Waals surface area (Å²) < 4.78 is 0. The van der Waals surface area contributed by atoms with Gasteiger partial charge >= 0.3 is 0 Å². The van der Waals surface area contributed by atoms with Gasteiger partial charge in [-0.15, -0.1) is 10.2 Å². The summed E-state index contributed by atoms with van der Waals surface area (Å²) in [5, 5.41) is 19.0. The Bertz CT molecular complexity index is 1190. The van der Waals surface area contributed by atoms with Gasteiger partial charge in [-0.05, 0) is 57.2 Å². The summed E-state index contributed by atoms with van der Waals surface area (Å²) in [6.07, 6.45) is 7.72. The van der Waals surface area contributed by atoms with E-state index in [0.717, 1.165) is 42.8 Å². The molecule has 3 N–H and O–H groups in total. The minimum absolute atomic E-state index is 0.0141. The summed E-state index contributed by atoms with van der Waals surface area (Å²) >= 11 is 1.37. The molecule has 7 nitrogen and oxygen atoms in total. The Morgan fingerprint density at radius 1 is 1.08 bits per heavy atom. The van der Waals surface area contributed by atoms with Crippen LogP contribution in [0.25, 0.3) is 0 Å². The molecule has 194 valence electrons. The minimum Gasteiger partial charge on any atom is -0.349 e. The molecule has 2 amide bonds. The van der Waals surface area contributed by atoms with Gasteiger partial charge in [0.2, 0.25) is 16.9 Å². The molecule has 2 heterocycles. The smallest absolute Gasteiger partial charge is 0.249 e. The molecule has 1 fully saturated rings. The van der Waals surface area contributed by atoms with Crippen LogP contribution in [0.5, 0.6) is 0 Å². The van der Waals surface area contributed by atoms with Gasteiger partial charge in [0.25, 0.3) is 0 Å². The molecule has 0 aliphatic carbocycles. The van der Waals surface area contributed by atoms with E-state index in [0.29, 0.717) is 11.6 Å². The van der Waals surface area contributed by atoms with Crippen LogP contribution in [0.15, 0.2) is 72.8 Å². The molecule has 1 aromatic heterocycles. The van der Waals surface area contributed by atoms with Crippen LogP contribution in [-0.2, 0) is 21.4 Å². The van der Waals surface area contributed by atoms with Crippen molar-refractivity contribution in [3.05, 3.63) is 89.0 Å². The van der Waals surface area contributed by atoms with Gasteiger partial charge in [-0.25, -0.2) is 0 Å². The van der Waals surface area contributed by atoms with Gasteiger partial charge in [-0.1, -0.05) is 84.5 Å². The lowest BCUT2D eigenvalue weighted by molar-refractivity contribution is -0.124. The molecular weight excluding hydrogens is 482 g/mol. The second-order valence-electron chi connectivity index (χ2n) is 9.89. The molecule has 1 unspecified atom stereocenters. The quantitative estimate of drug-likeness (QED) is 0.341. The maximum Gasteiger partial charge on any atom is 0.249 e. The summed E-state index contributed by atoms with van der Waals surface area (Å²) in [7, 11) is 0. The molecule has 3 aromatic rings. The number of nitrogens with one attached hydrogen (secondary N) is 3. The molecule has 1 aliphatic rings. The van der Waals surface area contributed by atoms with Crippen LogP contribution in [0.2, 0.25) is 0 Å². The van der Waals surface area contributed by atoms with Gasteiger partial charge in [0, 0.05) is 17.5 Å². The van der Waals surface area contributed by atoms with Gasteiger partial charge < -0.3 is 10.6 Å². The highest BCUT2D eigenvalue weighted by molar-refractivity contribution is 7.15. The van der Waals surface area contributed by atoms with E-state index in [1.54, 1.807) is 6.08 Å². The van der Waals surface area contributed by atoms with Gasteiger partial charge in [-0.3, -0.25) is 14.9 Å². The highest BCUT2D eigenvalue weighted by atomic mass is 32.1. The van der Waals surface area contributed by atoms with E-state index in [9.17, 15) is 9.59 Å². The van der Waals surface area contributed by atoms with Crippen LogP contribution in [0.4, 0.5) is 5.13 Å². The minimum atomic E-state index is -0.322. The first-order chi connectivity index (χ1) is 17.9. The maximum absolute atomic E-state index is 12.8. The zero-order valence-electron chi connectivity index (χ0n) is 21.4. The van der Waals surface area contributed by atoms with E-state index in [1.165, 1.54) is 23.0 Å². The summed E-state index contributed by atoms with van der Waals surface area (Å²) in [5.41, 5.74) is 2.00. The molecule has 0 saturated carbocycles. The zero-order valence-corrected chi connectivity index (χ0v) is 22.3. The Morgan fingerprint density at radius 2 is 1.81 bits per heavy atom. The second kappa shape index (κ2) is 12.7. The first-order valence-electron chi connectivity index (χ1n) is 12.9. The molecule has 1 saturated heterocycles. The Balaban J connectivity index is 1.39. The number of anilines is 1. The molecule has 8 heteroatoms. The highest BCUT2D eigenvalue weighted by Crippen LogP contribution is 2.34. The third-order valence-electron chi connectivity index (χ3n) is 6.71. The van der Waals surface area contributed by atoms with Crippen LogP contribution in [0.1, 0.15) is 55.7 Å². The number of hydrogen-bond acceptors (Lipinski definition) is 6. The Morgan fingerprint density at radius 3 is 2.51 bits per heavy atom. The van der Waals surface area contributed by atoms with Gasteiger partial charge in [0.05, 0.1) is 6.04 Å². The summed E-state index contributed by atoms with van der Waals surface area (Å²) in [6, 6.07) is 19.8. The molecule has 2 aromatic carbocycles. The molecule has 0 radical (unpaired) electrons. The molecule has 1 aliphatic heterocycles. The van der Waals surface area contributed by atoms with Gasteiger partial charge in [0.15, 0.2) is 0 Å². The van der Waals surface area contributed by atoms with Crippen molar-refractivity contribution in [1.82, 2.24) is 20.8 Å². The summed E-state index contributed by atoms with van der Waals surface area (Å²) in [6.45, 7) is 5.04. The third-order valence-corrected chi connectivity index (χ3v) is 7.87. The van der Waals surface area contributed by atoms with Gasteiger partial charge in [-0.2, -0.15) is 0 Å². The average molecular weight is 518 g/mol. The Hall–Kier alpha value is -3.36. The topological polar surface area (TPSA) is 96.0 Å². The lowest BCUT2D eigenvalue weighted by Gasteiger charge is -2.25. The first kappa shape index (κ1) is 26.7. The van der Waals surface area contributed by atoms with Crippen molar-refractivity contribution in [2.75, 3.05) is 11.9 Å². The van der Waals surface area contributed by atoms with E-state index in [1.807, 2.05) is 36.4 Å². The van der Waals surface area contributed by atoms with Crippen LogP contribution in [-0.4, -0.2) is 40.6 Å². The predicted molar refractivity (Wildman–Crippen MR) is 149 cm³/mol. The van der Waals surface area contributed by atoms with Crippen molar-refractivity contribution >= 4 is 28.3 Å². The number of rotatable bonds is 10. The number of aryl methyl sites for hydroxylation is 1. The SMILES string of the molecule is CC(C)(c1ccccc1)c1nnc(NC(=O)/C=C/[C@H](CCc2ccccc2)NC(=O)C2CCCCN2)s1. The maximum atomic E-state index is 12.8. The van der Waals surface area contributed by atoms with Crippen molar-refractivity contribution in [1.29, 1.82) is 0 Å². The highest BCUT2D eigenvalue weighted by Gasteiger charge is 2.28. The number of carbonyl (C=O) groups is 2. The van der Waals surface area contributed by atoms with E-state index in [2.05, 4.69) is 64.3 Å². The molecule has 0 bridgehead atoms. The van der Waals surface area contributed by atoms with Crippen molar-refractivity contribution in [3.63, 3.8) is 0 Å². The fourth-order valence-electron chi connectivity index (χ4n) is 4.40. The number of benzene rings is 2. The Labute approximate surface area is 222 Å².